The molecule has 0 fully saturated rings. The zero-order valence-corrected chi connectivity index (χ0v) is 20.5. The van der Waals surface area contributed by atoms with Crippen LogP contribution in [0.3, 0.4) is 0 Å². The van der Waals surface area contributed by atoms with Gasteiger partial charge in [0, 0.05) is 12.5 Å². The number of carbonyl (C=O) groups excluding carboxylic acids is 3. The Morgan fingerprint density at radius 3 is 2.57 bits per heavy atom. The Balaban J connectivity index is 1.90. The fourth-order valence-electron chi connectivity index (χ4n) is 5.16. The number of aryl methyl sites for hydroxylation is 2. The van der Waals surface area contributed by atoms with E-state index in [1.807, 2.05) is 0 Å². The van der Waals surface area contributed by atoms with Gasteiger partial charge in [0.25, 0.3) is 0 Å². The summed E-state index contributed by atoms with van der Waals surface area (Å²) in [6.45, 7) is 8.25. The molecular weight excluding hydrogens is 480 g/mol. The van der Waals surface area contributed by atoms with E-state index in [9.17, 15) is 34.8 Å². The number of phenolic OH excluding ortho intramolecular Hbond substituents is 2. The Bertz CT molecular complexity index is 1460. The van der Waals surface area contributed by atoms with E-state index < -0.39 is 52.2 Å². The topological polar surface area (TPSA) is 195 Å². The smallest absolute Gasteiger partial charge is 0.335 e. The number of aliphatic hydroxyl groups is 2. The molecular formula is C26H28N4O7. The average molecular weight is 509 g/mol. The number of nitrogens with zero attached hydrogens (tertiary/aromatic N) is 1. The summed E-state index contributed by atoms with van der Waals surface area (Å²) in [6.07, 6.45) is 1.34. The highest BCUT2D eigenvalue weighted by Crippen LogP contribution is 2.50. The van der Waals surface area contributed by atoms with Gasteiger partial charge in [-0.3, -0.25) is 9.59 Å². The highest BCUT2D eigenvalue weighted by Gasteiger charge is 2.60. The van der Waals surface area contributed by atoms with Gasteiger partial charge in [0.1, 0.15) is 17.3 Å². The number of phenols is 2. The number of aliphatic hydroxyl groups excluding tert-OH is 1. The SMILES string of the molecule is C=CCNC(=O)N/N=C(\C)C1=C(O)[C@@]2(O)C(=O)c3c(c(C)c4ccc(C)c(O)c4c3O)C[C@H]2[C@@H](N)C1=O. The van der Waals surface area contributed by atoms with Crippen molar-refractivity contribution in [2.75, 3.05) is 6.54 Å². The van der Waals surface area contributed by atoms with Crippen molar-refractivity contribution in [3.63, 3.8) is 0 Å². The van der Waals surface area contributed by atoms with Gasteiger partial charge in [-0.1, -0.05) is 18.2 Å². The van der Waals surface area contributed by atoms with Gasteiger partial charge in [-0.25, -0.2) is 10.2 Å². The van der Waals surface area contributed by atoms with E-state index in [0.29, 0.717) is 22.1 Å². The molecule has 0 spiro atoms. The lowest BCUT2D eigenvalue weighted by molar-refractivity contribution is -0.122. The third-order valence-corrected chi connectivity index (χ3v) is 7.22. The molecule has 37 heavy (non-hydrogen) atoms. The van der Waals surface area contributed by atoms with Gasteiger partial charge in [-0.05, 0) is 49.3 Å². The zero-order valence-electron chi connectivity index (χ0n) is 20.5. The summed E-state index contributed by atoms with van der Waals surface area (Å²) in [5.74, 6) is -4.81. The Kier molecular flexibility index (Phi) is 6.30. The number of ketones is 2. The van der Waals surface area contributed by atoms with E-state index in [-0.39, 0.29) is 35.4 Å². The first-order valence-electron chi connectivity index (χ1n) is 11.5. The highest BCUT2D eigenvalue weighted by molar-refractivity contribution is 6.26. The molecule has 2 amide bonds. The molecule has 0 saturated carbocycles. The molecule has 4 rings (SSSR count). The van der Waals surface area contributed by atoms with Crippen LogP contribution in [0.25, 0.3) is 10.8 Å². The molecule has 2 aliphatic rings. The Morgan fingerprint density at radius 1 is 1.24 bits per heavy atom. The first kappa shape index (κ1) is 25.9. The Hall–Kier alpha value is -4.22. The van der Waals surface area contributed by atoms with Crippen LogP contribution in [-0.2, 0) is 11.2 Å². The van der Waals surface area contributed by atoms with Crippen LogP contribution in [0.1, 0.15) is 34.0 Å². The summed E-state index contributed by atoms with van der Waals surface area (Å²) in [6, 6.07) is 1.25. The lowest BCUT2D eigenvalue weighted by Gasteiger charge is -2.45. The van der Waals surface area contributed by atoms with Crippen LogP contribution in [0, 0.1) is 19.8 Å². The molecule has 0 radical (unpaired) electrons. The lowest BCUT2D eigenvalue weighted by atomic mass is 9.61. The third kappa shape index (κ3) is 3.66. The molecule has 0 heterocycles. The first-order valence-corrected chi connectivity index (χ1v) is 11.5. The number of aromatic hydroxyl groups is 2. The number of carbonyl (C=O) groups is 3. The summed E-state index contributed by atoms with van der Waals surface area (Å²) >= 11 is 0. The predicted molar refractivity (Wildman–Crippen MR) is 136 cm³/mol. The van der Waals surface area contributed by atoms with Crippen LogP contribution >= 0.6 is 0 Å². The maximum absolute atomic E-state index is 13.8. The maximum Gasteiger partial charge on any atom is 0.335 e. The van der Waals surface area contributed by atoms with E-state index >= 15 is 0 Å². The van der Waals surface area contributed by atoms with Crippen LogP contribution in [0.2, 0.25) is 0 Å². The number of hydrazone groups is 1. The number of fused-ring (bicyclic) bond motifs is 3. The molecule has 2 aliphatic carbocycles. The fourth-order valence-corrected chi connectivity index (χ4v) is 5.16. The van der Waals surface area contributed by atoms with Crippen molar-refractivity contribution in [1.82, 2.24) is 10.7 Å². The lowest BCUT2D eigenvalue weighted by Crippen LogP contribution is -2.63. The van der Waals surface area contributed by atoms with Crippen molar-refractivity contribution in [3.8, 4) is 11.5 Å². The van der Waals surface area contributed by atoms with E-state index in [1.165, 1.54) is 13.0 Å². The number of nitrogens with two attached hydrogens (primary N) is 1. The van der Waals surface area contributed by atoms with E-state index in [1.54, 1.807) is 26.0 Å². The summed E-state index contributed by atoms with van der Waals surface area (Å²) in [4.78, 5) is 38.8. The minimum absolute atomic E-state index is 0.0407. The number of nitrogens with one attached hydrogen (secondary N) is 2. The second-order valence-corrected chi connectivity index (χ2v) is 9.31. The quantitative estimate of drug-likeness (QED) is 0.183. The van der Waals surface area contributed by atoms with Gasteiger partial charge >= 0.3 is 6.03 Å². The van der Waals surface area contributed by atoms with Gasteiger partial charge in [0.15, 0.2) is 11.4 Å². The van der Waals surface area contributed by atoms with Crippen molar-refractivity contribution in [3.05, 3.63) is 58.4 Å². The van der Waals surface area contributed by atoms with Crippen molar-refractivity contribution in [2.24, 2.45) is 16.8 Å². The molecule has 194 valence electrons. The normalized spacial score (nSPS) is 23.5. The van der Waals surface area contributed by atoms with Gasteiger partial charge < -0.3 is 31.5 Å². The van der Waals surface area contributed by atoms with E-state index in [0.717, 1.165) is 0 Å². The molecule has 2 aromatic rings. The standard InChI is InChI=1S/C26H28N4O7/c1-5-8-28-25(36)30-29-12(4)16-22(33)19(27)15-9-14-11(3)13-7-6-10(2)20(31)17(13)21(32)18(14)24(35)26(15,37)23(16)34/h5-7,15,19,31-32,34,37H,1,8-9,27H2,2-4H3,(H2,28,30,36)/b29-12+/t15-,19+,26+/m0/s1. The van der Waals surface area contributed by atoms with Gasteiger partial charge in [-0.2, -0.15) is 5.10 Å². The summed E-state index contributed by atoms with van der Waals surface area (Å²) in [5, 5.41) is 51.3. The maximum atomic E-state index is 13.8. The minimum Gasteiger partial charge on any atom is -0.508 e. The molecule has 0 aromatic heterocycles. The minimum atomic E-state index is -2.66. The molecule has 11 nitrogen and oxygen atoms in total. The van der Waals surface area contributed by atoms with Crippen LogP contribution in [0.5, 0.6) is 11.5 Å². The molecule has 2 aromatic carbocycles. The summed E-state index contributed by atoms with van der Waals surface area (Å²) in [7, 11) is 0. The second kappa shape index (κ2) is 9.02. The Morgan fingerprint density at radius 2 is 1.92 bits per heavy atom. The summed E-state index contributed by atoms with van der Waals surface area (Å²) in [5.41, 5.74) is 6.13. The van der Waals surface area contributed by atoms with Gasteiger partial charge in [0.05, 0.1) is 28.3 Å². The second-order valence-electron chi connectivity index (χ2n) is 9.31. The molecule has 0 bridgehead atoms. The van der Waals surface area contributed by atoms with Crippen LogP contribution in [0.15, 0.2) is 41.2 Å². The predicted octanol–water partition coefficient (Wildman–Crippen LogP) is 1.54. The zero-order chi connectivity index (χ0) is 27.4. The van der Waals surface area contributed by atoms with Gasteiger partial charge in [-0.15, -0.1) is 6.58 Å². The average Bonchev–Trinajstić information content (AvgIpc) is 2.86. The monoisotopic (exact) mass is 508 g/mol. The fraction of sp³-hybridized carbons (Fsp3) is 0.308. The molecule has 0 saturated heterocycles. The Labute approximate surface area is 212 Å². The number of hydrogen-bond donors (Lipinski definition) is 7. The molecule has 0 aliphatic heterocycles. The van der Waals surface area contributed by atoms with E-state index in [4.69, 9.17) is 5.73 Å². The van der Waals surface area contributed by atoms with Crippen LogP contribution in [-0.4, -0.2) is 61.9 Å². The number of rotatable bonds is 4. The molecule has 11 heteroatoms. The molecule has 3 atom stereocenters. The first-order chi connectivity index (χ1) is 17.4. The van der Waals surface area contributed by atoms with E-state index in [2.05, 4.69) is 22.4 Å². The number of Topliss-reactive ketones (excluding diaryl/α,β-unsaturated/α-hetero) is 2. The number of amides is 2. The third-order valence-electron chi connectivity index (χ3n) is 7.22. The molecule has 8 N–H and O–H groups in total. The van der Waals surface area contributed by atoms with Crippen LogP contribution in [0.4, 0.5) is 4.79 Å². The van der Waals surface area contributed by atoms with Gasteiger partial charge in [0.2, 0.25) is 5.78 Å². The van der Waals surface area contributed by atoms with Crippen molar-refractivity contribution in [2.45, 2.75) is 38.8 Å². The molecule has 0 unspecified atom stereocenters. The number of hydrogen-bond acceptors (Lipinski definition) is 9. The van der Waals surface area contributed by atoms with Crippen molar-refractivity contribution in [1.29, 1.82) is 0 Å². The number of benzene rings is 2. The van der Waals surface area contributed by atoms with Crippen molar-refractivity contribution < 1.29 is 34.8 Å². The number of urea groups is 1. The highest BCUT2D eigenvalue weighted by atomic mass is 16.3. The largest absolute Gasteiger partial charge is 0.508 e. The van der Waals surface area contributed by atoms with Crippen LogP contribution < -0.4 is 16.5 Å². The summed E-state index contributed by atoms with van der Waals surface area (Å²) < 4.78 is 0. The van der Waals surface area contributed by atoms with Crippen molar-refractivity contribution >= 4 is 34.1 Å².